The van der Waals surface area contributed by atoms with Gasteiger partial charge in [0.2, 0.25) is 0 Å². The smallest absolute Gasteiger partial charge is 0.193 e. The summed E-state index contributed by atoms with van der Waals surface area (Å²) in [7, 11) is 0. The predicted octanol–water partition coefficient (Wildman–Crippen LogP) is 3.04. The minimum absolute atomic E-state index is 0.102. The van der Waals surface area contributed by atoms with E-state index in [2.05, 4.69) is 6.08 Å². The molecule has 0 amide bonds. The van der Waals surface area contributed by atoms with Crippen molar-refractivity contribution in [2.75, 3.05) is 0 Å². The molecule has 1 heterocycles. The Balaban J connectivity index is 2.16. The Hall–Kier alpha value is -0.730. The van der Waals surface area contributed by atoms with Gasteiger partial charge in [0.05, 0.1) is 6.04 Å². The summed E-state index contributed by atoms with van der Waals surface area (Å²) in [5, 5.41) is 0.407. The van der Waals surface area contributed by atoms with Crippen molar-refractivity contribution in [3.63, 3.8) is 0 Å². The molecule has 70 valence electrons. The summed E-state index contributed by atoms with van der Waals surface area (Å²) in [4.78, 5) is 0. The monoisotopic (exact) mass is 197 g/mol. The molecular weight excluding hydrogens is 186 g/mol. The number of hydrogen-bond acceptors (Lipinski definition) is 2. The van der Waals surface area contributed by atoms with Crippen molar-refractivity contribution in [1.29, 1.82) is 0 Å². The van der Waals surface area contributed by atoms with Gasteiger partial charge < -0.3 is 10.2 Å². The van der Waals surface area contributed by atoms with Crippen LogP contribution in [0.3, 0.4) is 0 Å². The molecule has 0 aliphatic heterocycles. The zero-order valence-electron chi connectivity index (χ0n) is 7.29. The Morgan fingerprint density at radius 2 is 2.31 bits per heavy atom. The molecule has 1 unspecified atom stereocenters. The maximum atomic E-state index is 5.99. The maximum Gasteiger partial charge on any atom is 0.193 e. The van der Waals surface area contributed by atoms with Crippen LogP contribution in [-0.4, -0.2) is 0 Å². The molecule has 2 N–H and O–H groups in total. The van der Waals surface area contributed by atoms with Crippen molar-refractivity contribution in [3.8, 4) is 0 Å². The second kappa shape index (κ2) is 3.56. The van der Waals surface area contributed by atoms with Crippen LogP contribution in [0.2, 0.25) is 5.22 Å². The van der Waals surface area contributed by atoms with E-state index in [9.17, 15) is 0 Å². The predicted molar refractivity (Wildman–Crippen MR) is 52.6 cm³/mol. The largest absolute Gasteiger partial charge is 0.448 e. The summed E-state index contributed by atoms with van der Waals surface area (Å²) in [6.07, 6.45) is 5.62. The van der Waals surface area contributed by atoms with Gasteiger partial charge in [-0.2, -0.15) is 0 Å². The molecule has 3 heteroatoms. The van der Waals surface area contributed by atoms with Gasteiger partial charge in [-0.1, -0.05) is 6.08 Å². The van der Waals surface area contributed by atoms with Crippen LogP contribution < -0.4 is 5.73 Å². The summed E-state index contributed by atoms with van der Waals surface area (Å²) in [5.74, 6) is 0.762. The lowest BCUT2D eigenvalue weighted by Gasteiger charge is -2.09. The second-order valence-electron chi connectivity index (χ2n) is 3.29. The van der Waals surface area contributed by atoms with Crippen LogP contribution in [0, 0.1) is 0 Å². The van der Waals surface area contributed by atoms with Gasteiger partial charge in [0.25, 0.3) is 0 Å². The van der Waals surface area contributed by atoms with Crippen molar-refractivity contribution in [1.82, 2.24) is 0 Å². The molecule has 1 aromatic rings. The zero-order valence-corrected chi connectivity index (χ0v) is 8.05. The van der Waals surface area contributed by atoms with E-state index in [1.54, 1.807) is 6.07 Å². The van der Waals surface area contributed by atoms with Crippen molar-refractivity contribution in [3.05, 3.63) is 34.8 Å². The molecule has 1 aliphatic carbocycles. The van der Waals surface area contributed by atoms with E-state index in [1.165, 1.54) is 12.0 Å². The number of hydrogen-bond donors (Lipinski definition) is 1. The van der Waals surface area contributed by atoms with Crippen LogP contribution in [0.1, 0.15) is 31.1 Å². The Morgan fingerprint density at radius 1 is 1.46 bits per heavy atom. The first kappa shape index (κ1) is 8.85. The van der Waals surface area contributed by atoms with Gasteiger partial charge in [0.15, 0.2) is 5.22 Å². The molecule has 0 bridgehead atoms. The number of furan rings is 1. The van der Waals surface area contributed by atoms with Crippen molar-refractivity contribution < 1.29 is 4.42 Å². The van der Waals surface area contributed by atoms with Gasteiger partial charge in [-0.05, 0) is 48.6 Å². The molecule has 0 saturated carbocycles. The third kappa shape index (κ3) is 1.79. The Labute approximate surface area is 82.4 Å². The van der Waals surface area contributed by atoms with E-state index in [4.69, 9.17) is 21.8 Å². The molecule has 13 heavy (non-hydrogen) atoms. The zero-order chi connectivity index (χ0) is 9.26. The molecule has 1 aliphatic rings. The molecular formula is C10H12ClNO. The standard InChI is InChI=1S/C10H12ClNO/c11-9-6-5-8(13-9)10(12)7-3-1-2-4-7/h3,5-6,10H,1-2,4,12H2. The van der Waals surface area contributed by atoms with E-state index in [1.807, 2.05) is 6.07 Å². The van der Waals surface area contributed by atoms with Gasteiger partial charge in [0, 0.05) is 0 Å². The van der Waals surface area contributed by atoms with Gasteiger partial charge in [-0.25, -0.2) is 0 Å². The lowest BCUT2D eigenvalue weighted by Crippen LogP contribution is -2.10. The Kier molecular flexibility index (Phi) is 2.42. The van der Waals surface area contributed by atoms with Crippen LogP contribution in [0.15, 0.2) is 28.2 Å². The normalized spacial score (nSPS) is 18.8. The first-order chi connectivity index (χ1) is 6.27. The number of nitrogens with two attached hydrogens (primary N) is 1. The average Bonchev–Trinajstić information content (AvgIpc) is 2.72. The summed E-state index contributed by atoms with van der Waals surface area (Å²) in [6, 6.07) is 3.47. The molecule has 0 fully saturated rings. The summed E-state index contributed by atoms with van der Waals surface area (Å²) < 4.78 is 5.26. The minimum atomic E-state index is -0.102. The molecule has 0 spiro atoms. The minimum Gasteiger partial charge on any atom is -0.448 e. The molecule has 2 nitrogen and oxygen atoms in total. The van der Waals surface area contributed by atoms with E-state index >= 15 is 0 Å². The van der Waals surface area contributed by atoms with Crippen LogP contribution in [0.5, 0.6) is 0 Å². The molecule has 1 atom stereocenters. The van der Waals surface area contributed by atoms with E-state index in [0.29, 0.717) is 5.22 Å². The highest BCUT2D eigenvalue weighted by Crippen LogP contribution is 2.30. The molecule has 0 aromatic carbocycles. The van der Waals surface area contributed by atoms with Crippen LogP contribution in [0.4, 0.5) is 0 Å². The van der Waals surface area contributed by atoms with Crippen LogP contribution in [-0.2, 0) is 0 Å². The van der Waals surface area contributed by atoms with Gasteiger partial charge >= 0.3 is 0 Å². The molecule has 0 radical (unpaired) electrons. The highest BCUT2D eigenvalue weighted by Gasteiger charge is 2.17. The lowest BCUT2D eigenvalue weighted by molar-refractivity contribution is 0.486. The number of halogens is 1. The fourth-order valence-corrected chi connectivity index (χ4v) is 1.81. The second-order valence-corrected chi connectivity index (χ2v) is 3.66. The molecule has 0 saturated heterocycles. The summed E-state index contributed by atoms with van der Waals surface area (Å²) in [5.41, 5.74) is 7.26. The SMILES string of the molecule is NC(C1=CCCC1)c1ccc(Cl)o1. The van der Waals surface area contributed by atoms with Gasteiger partial charge in [-0.15, -0.1) is 0 Å². The van der Waals surface area contributed by atoms with E-state index < -0.39 is 0 Å². The highest BCUT2D eigenvalue weighted by molar-refractivity contribution is 6.28. The quantitative estimate of drug-likeness (QED) is 0.741. The van der Waals surface area contributed by atoms with Crippen LogP contribution in [0.25, 0.3) is 0 Å². The third-order valence-corrected chi connectivity index (χ3v) is 2.58. The third-order valence-electron chi connectivity index (χ3n) is 2.38. The van der Waals surface area contributed by atoms with Crippen molar-refractivity contribution in [2.24, 2.45) is 5.73 Å². The fourth-order valence-electron chi connectivity index (χ4n) is 1.66. The number of allylic oxidation sites excluding steroid dienone is 1. The van der Waals surface area contributed by atoms with Crippen LogP contribution >= 0.6 is 11.6 Å². The van der Waals surface area contributed by atoms with E-state index in [-0.39, 0.29) is 6.04 Å². The Morgan fingerprint density at radius 3 is 2.85 bits per heavy atom. The van der Waals surface area contributed by atoms with Gasteiger partial charge in [0.1, 0.15) is 5.76 Å². The first-order valence-corrected chi connectivity index (χ1v) is 4.85. The lowest BCUT2D eigenvalue weighted by atomic mass is 10.1. The highest BCUT2D eigenvalue weighted by atomic mass is 35.5. The Bertz CT molecular complexity index is 329. The first-order valence-electron chi connectivity index (χ1n) is 4.47. The average molecular weight is 198 g/mol. The van der Waals surface area contributed by atoms with Gasteiger partial charge in [-0.3, -0.25) is 0 Å². The topological polar surface area (TPSA) is 39.2 Å². The van der Waals surface area contributed by atoms with E-state index in [0.717, 1.165) is 18.6 Å². The number of rotatable bonds is 2. The fraction of sp³-hybridized carbons (Fsp3) is 0.400. The maximum absolute atomic E-state index is 5.99. The van der Waals surface area contributed by atoms with Crippen molar-refractivity contribution >= 4 is 11.6 Å². The summed E-state index contributed by atoms with van der Waals surface area (Å²) >= 11 is 5.67. The molecule has 1 aromatic heterocycles. The summed E-state index contributed by atoms with van der Waals surface area (Å²) in [6.45, 7) is 0. The molecule has 2 rings (SSSR count). The van der Waals surface area contributed by atoms with Crippen molar-refractivity contribution in [2.45, 2.75) is 25.3 Å².